The zero-order valence-corrected chi connectivity index (χ0v) is 10.6. The summed E-state index contributed by atoms with van der Waals surface area (Å²) in [6.45, 7) is 2.25. The molecule has 0 aliphatic carbocycles. The summed E-state index contributed by atoms with van der Waals surface area (Å²) in [5, 5.41) is 0. The van der Waals surface area contributed by atoms with Crippen molar-refractivity contribution in [1.82, 2.24) is 9.88 Å². The highest BCUT2D eigenvalue weighted by Crippen LogP contribution is 2.16. The van der Waals surface area contributed by atoms with Gasteiger partial charge in [0.2, 0.25) is 0 Å². The Morgan fingerprint density at radius 1 is 1.56 bits per heavy atom. The number of anilines is 1. The molecular formula is C10H12BrN3O2. The number of ketones is 1. The van der Waals surface area contributed by atoms with Crippen LogP contribution >= 0.6 is 15.9 Å². The number of halogens is 1. The minimum Gasteiger partial charge on any atom is -0.383 e. The van der Waals surface area contributed by atoms with E-state index in [1.54, 1.807) is 14.0 Å². The van der Waals surface area contributed by atoms with E-state index in [9.17, 15) is 9.59 Å². The molecule has 0 saturated carbocycles. The molecule has 2 N–H and O–H groups in total. The van der Waals surface area contributed by atoms with E-state index in [0.717, 1.165) is 0 Å². The highest BCUT2D eigenvalue weighted by Gasteiger charge is 2.22. The number of amides is 1. The van der Waals surface area contributed by atoms with Gasteiger partial charge in [0.1, 0.15) is 5.82 Å². The second-order valence-corrected chi connectivity index (χ2v) is 4.15. The van der Waals surface area contributed by atoms with Gasteiger partial charge >= 0.3 is 0 Å². The maximum absolute atomic E-state index is 11.8. The first kappa shape index (κ1) is 12.6. The van der Waals surface area contributed by atoms with Crippen molar-refractivity contribution in [1.29, 1.82) is 0 Å². The van der Waals surface area contributed by atoms with Gasteiger partial charge in [-0.15, -0.1) is 0 Å². The molecule has 1 aromatic heterocycles. The Labute approximate surface area is 102 Å². The summed E-state index contributed by atoms with van der Waals surface area (Å²) in [5.41, 5.74) is 5.67. The van der Waals surface area contributed by atoms with Crippen LogP contribution in [-0.4, -0.2) is 35.2 Å². The SMILES string of the molecule is CCN(C)C(=O)C(=O)c1cc(Br)cnc1N. The van der Waals surface area contributed by atoms with Crippen molar-refractivity contribution >= 4 is 33.4 Å². The van der Waals surface area contributed by atoms with Crippen molar-refractivity contribution in [3.05, 3.63) is 22.3 Å². The molecule has 0 aliphatic rings. The molecule has 5 nitrogen and oxygen atoms in total. The van der Waals surface area contributed by atoms with Crippen LogP contribution in [0.25, 0.3) is 0 Å². The van der Waals surface area contributed by atoms with Gasteiger partial charge in [-0.2, -0.15) is 0 Å². The number of likely N-dealkylation sites (N-methyl/N-ethyl adjacent to an activating group) is 1. The molecule has 16 heavy (non-hydrogen) atoms. The first-order valence-electron chi connectivity index (χ1n) is 4.68. The number of nitrogens with two attached hydrogens (primary N) is 1. The molecule has 0 bridgehead atoms. The smallest absolute Gasteiger partial charge is 0.294 e. The van der Waals surface area contributed by atoms with Crippen LogP contribution in [-0.2, 0) is 4.79 Å². The number of Topliss-reactive ketones (excluding diaryl/α,β-unsaturated/α-hetero) is 1. The summed E-state index contributed by atoms with van der Waals surface area (Å²) < 4.78 is 0.608. The number of nitrogen functional groups attached to an aromatic ring is 1. The Morgan fingerprint density at radius 2 is 2.19 bits per heavy atom. The predicted octanol–water partition coefficient (Wildman–Crippen LogP) is 1.09. The molecule has 0 unspecified atom stereocenters. The molecule has 0 atom stereocenters. The standard InChI is InChI=1S/C10H12BrN3O2/c1-3-14(2)10(16)8(15)7-4-6(11)5-13-9(7)12/h4-5H,3H2,1-2H3,(H2,12,13). The highest BCUT2D eigenvalue weighted by atomic mass is 79.9. The van der Waals surface area contributed by atoms with Crippen LogP contribution < -0.4 is 5.73 Å². The van der Waals surface area contributed by atoms with Crippen molar-refractivity contribution in [2.45, 2.75) is 6.92 Å². The number of aromatic nitrogens is 1. The van der Waals surface area contributed by atoms with E-state index < -0.39 is 11.7 Å². The van der Waals surface area contributed by atoms with Crippen molar-refractivity contribution in [3.63, 3.8) is 0 Å². The molecule has 6 heteroatoms. The summed E-state index contributed by atoms with van der Waals surface area (Å²) in [6.07, 6.45) is 1.47. The molecular weight excluding hydrogens is 274 g/mol. The number of hydrogen-bond acceptors (Lipinski definition) is 4. The molecule has 0 fully saturated rings. The van der Waals surface area contributed by atoms with Gasteiger partial charge in [-0.3, -0.25) is 9.59 Å². The minimum absolute atomic E-state index is 0.0612. The molecule has 86 valence electrons. The van der Waals surface area contributed by atoms with Crippen LogP contribution in [0.3, 0.4) is 0 Å². The fraction of sp³-hybridized carbons (Fsp3) is 0.300. The van der Waals surface area contributed by atoms with E-state index in [2.05, 4.69) is 20.9 Å². The fourth-order valence-electron chi connectivity index (χ4n) is 1.06. The number of nitrogens with zero attached hydrogens (tertiary/aromatic N) is 2. The van der Waals surface area contributed by atoms with Crippen molar-refractivity contribution in [2.75, 3.05) is 19.3 Å². The molecule has 0 aliphatic heterocycles. The number of pyridine rings is 1. The first-order valence-corrected chi connectivity index (χ1v) is 5.47. The summed E-state index contributed by atoms with van der Waals surface area (Å²) in [7, 11) is 1.56. The number of carbonyl (C=O) groups excluding carboxylic acids is 2. The van der Waals surface area contributed by atoms with Gasteiger partial charge in [0.15, 0.2) is 0 Å². The Bertz CT molecular complexity index is 434. The van der Waals surface area contributed by atoms with Gasteiger partial charge in [-0.05, 0) is 28.9 Å². The third-order valence-electron chi connectivity index (χ3n) is 2.15. The number of hydrogen-bond donors (Lipinski definition) is 1. The normalized spacial score (nSPS) is 9.94. The van der Waals surface area contributed by atoms with E-state index in [1.165, 1.54) is 17.2 Å². The quantitative estimate of drug-likeness (QED) is 0.666. The topological polar surface area (TPSA) is 76.3 Å². The van der Waals surface area contributed by atoms with Crippen LogP contribution in [0.4, 0.5) is 5.82 Å². The lowest BCUT2D eigenvalue weighted by Crippen LogP contribution is -2.33. The van der Waals surface area contributed by atoms with Gasteiger partial charge < -0.3 is 10.6 Å². The molecule has 0 spiro atoms. The van der Waals surface area contributed by atoms with Crippen LogP contribution in [0, 0.1) is 0 Å². The average Bonchev–Trinajstić information content (AvgIpc) is 2.29. The van der Waals surface area contributed by atoms with Crippen LogP contribution in [0.1, 0.15) is 17.3 Å². The van der Waals surface area contributed by atoms with Crippen LogP contribution in [0.5, 0.6) is 0 Å². The van der Waals surface area contributed by atoms with E-state index in [1.807, 2.05) is 0 Å². The lowest BCUT2D eigenvalue weighted by atomic mass is 10.1. The van der Waals surface area contributed by atoms with E-state index in [0.29, 0.717) is 11.0 Å². The zero-order valence-electron chi connectivity index (χ0n) is 9.03. The first-order chi connectivity index (χ1) is 7.47. The Kier molecular flexibility index (Phi) is 4.00. The molecule has 1 amide bonds. The predicted molar refractivity (Wildman–Crippen MR) is 64.0 cm³/mol. The lowest BCUT2D eigenvalue weighted by Gasteiger charge is -2.13. The van der Waals surface area contributed by atoms with E-state index >= 15 is 0 Å². The summed E-state index contributed by atoms with van der Waals surface area (Å²) >= 11 is 3.17. The van der Waals surface area contributed by atoms with Gasteiger partial charge in [-0.25, -0.2) is 4.98 Å². The summed E-state index contributed by atoms with van der Waals surface area (Å²) in [5.74, 6) is -1.17. The molecule has 1 aromatic rings. The Morgan fingerprint density at radius 3 is 2.75 bits per heavy atom. The monoisotopic (exact) mass is 285 g/mol. The van der Waals surface area contributed by atoms with Gasteiger partial charge in [0, 0.05) is 24.3 Å². The maximum atomic E-state index is 11.8. The van der Waals surface area contributed by atoms with Crippen molar-refractivity contribution in [2.24, 2.45) is 0 Å². The van der Waals surface area contributed by atoms with Crippen molar-refractivity contribution in [3.8, 4) is 0 Å². The molecule has 0 saturated heterocycles. The number of carbonyl (C=O) groups is 2. The highest BCUT2D eigenvalue weighted by molar-refractivity contribution is 9.10. The van der Waals surface area contributed by atoms with Crippen LogP contribution in [0.2, 0.25) is 0 Å². The summed E-state index contributed by atoms with van der Waals surface area (Å²) in [4.78, 5) is 28.5. The second kappa shape index (κ2) is 5.07. The molecule has 0 aromatic carbocycles. The third-order valence-corrected chi connectivity index (χ3v) is 2.58. The summed E-state index contributed by atoms with van der Waals surface area (Å²) in [6, 6.07) is 1.49. The van der Waals surface area contributed by atoms with Gasteiger partial charge in [0.05, 0.1) is 5.56 Å². The average molecular weight is 286 g/mol. The second-order valence-electron chi connectivity index (χ2n) is 3.23. The molecule has 1 rings (SSSR count). The Hall–Kier alpha value is -1.43. The van der Waals surface area contributed by atoms with Crippen molar-refractivity contribution < 1.29 is 9.59 Å². The lowest BCUT2D eigenvalue weighted by molar-refractivity contribution is -0.125. The van der Waals surface area contributed by atoms with Gasteiger partial charge in [0.25, 0.3) is 11.7 Å². The number of rotatable bonds is 3. The minimum atomic E-state index is -0.643. The van der Waals surface area contributed by atoms with Gasteiger partial charge in [-0.1, -0.05) is 0 Å². The molecule has 0 radical (unpaired) electrons. The van der Waals surface area contributed by atoms with E-state index in [4.69, 9.17) is 5.73 Å². The van der Waals surface area contributed by atoms with Crippen LogP contribution in [0.15, 0.2) is 16.7 Å². The molecule has 1 heterocycles. The maximum Gasteiger partial charge on any atom is 0.294 e. The van der Waals surface area contributed by atoms with E-state index in [-0.39, 0.29) is 11.4 Å². The Balaban J connectivity index is 3.05. The zero-order chi connectivity index (χ0) is 12.3. The third kappa shape index (κ3) is 2.57. The largest absolute Gasteiger partial charge is 0.383 e. The fourth-order valence-corrected chi connectivity index (χ4v) is 1.40.